The van der Waals surface area contributed by atoms with E-state index in [2.05, 4.69) is 25.6 Å². The van der Waals surface area contributed by atoms with E-state index in [0.717, 1.165) is 18.6 Å². The van der Waals surface area contributed by atoms with Crippen molar-refractivity contribution in [3.05, 3.63) is 75.5 Å². The van der Waals surface area contributed by atoms with Crippen molar-refractivity contribution >= 4 is 17.5 Å². The zero-order chi connectivity index (χ0) is 22.7. The Morgan fingerprint density at radius 3 is 2.69 bits per heavy atom. The minimum Gasteiger partial charge on any atom is -0.343 e. The Labute approximate surface area is 181 Å². The smallest absolute Gasteiger partial charge is 0.260 e. The van der Waals surface area contributed by atoms with Gasteiger partial charge in [0.2, 0.25) is 5.95 Å². The minimum absolute atomic E-state index is 0.0243. The number of hydrogen-bond acceptors (Lipinski definition) is 5. The van der Waals surface area contributed by atoms with Crippen molar-refractivity contribution in [3.63, 3.8) is 0 Å². The van der Waals surface area contributed by atoms with E-state index in [1.54, 1.807) is 12.1 Å². The number of aliphatic imine (C=N–C) groups is 1. The van der Waals surface area contributed by atoms with E-state index in [1.165, 1.54) is 12.3 Å². The maximum atomic E-state index is 14.4. The van der Waals surface area contributed by atoms with Crippen molar-refractivity contribution < 1.29 is 13.2 Å². The number of amidine groups is 1. The van der Waals surface area contributed by atoms with Gasteiger partial charge in [0.05, 0.1) is 5.56 Å². The van der Waals surface area contributed by atoms with E-state index in [1.807, 2.05) is 0 Å². The summed E-state index contributed by atoms with van der Waals surface area (Å²) in [6.07, 6.45) is 2.35. The standard InChI is InChI=1S/C22H21F3N6O/c23-16-6-12(2-3-13(16)10-27-5-1-4-26)15-11-28-22(31-21(15)32)30-20-8-14-7-17(24)18(25)9-19(14)29-20/h2-3,6-7,9,11,27H,1,4-5,8,10,26H2,(H2,28,29,30,31,32). The highest BCUT2D eigenvalue weighted by atomic mass is 19.2. The van der Waals surface area contributed by atoms with Gasteiger partial charge in [-0.15, -0.1) is 0 Å². The molecule has 1 aromatic heterocycles. The molecule has 4 rings (SSSR count). The first-order valence-electron chi connectivity index (χ1n) is 10.1. The van der Waals surface area contributed by atoms with Gasteiger partial charge in [0.1, 0.15) is 11.7 Å². The van der Waals surface area contributed by atoms with Crippen LogP contribution in [-0.2, 0) is 13.0 Å². The molecule has 3 aromatic rings. The Morgan fingerprint density at radius 1 is 1.12 bits per heavy atom. The fourth-order valence-electron chi connectivity index (χ4n) is 3.38. The number of nitrogens with one attached hydrogen (secondary N) is 3. The summed E-state index contributed by atoms with van der Waals surface area (Å²) in [5, 5.41) is 5.98. The van der Waals surface area contributed by atoms with Gasteiger partial charge in [-0.05, 0) is 42.8 Å². The second-order valence-corrected chi connectivity index (χ2v) is 7.36. The number of H-pyrrole nitrogens is 1. The van der Waals surface area contributed by atoms with Crippen molar-refractivity contribution in [2.24, 2.45) is 10.7 Å². The molecule has 32 heavy (non-hydrogen) atoms. The number of rotatable bonds is 7. The average molecular weight is 442 g/mol. The van der Waals surface area contributed by atoms with Crippen molar-refractivity contribution in [3.8, 4) is 11.1 Å². The number of hydrogen-bond donors (Lipinski definition) is 4. The van der Waals surface area contributed by atoms with Crippen molar-refractivity contribution in [1.82, 2.24) is 15.3 Å². The predicted octanol–water partition coefficient (Wildman–Crippen LogP) is 2.99. The van der Waals surface area contributed by atoms with Gasteiger partial charge in [-0.2, -0.15) is 4.99 Å². The number of anilines is 1. The number of nitrogens with two attached hydrogens (primary N) is 1. The summed E-state index contributed by atoms with van der Waals surface area (Å²) in [7, 11) is 0. The molecule has 166 valence electrons. The molecule has 0 amide bonds. The number of nitrogens with zero attached hydrogens (tertiary/aromatic N) is 2. The summed E-state index contributed by atoms with van der Waals surface area (Å²) in [5.74, 6) is -1.92. The molecule has 2 heterocycles. The van der Waals surface area contributed by atoms with Gasteiger partial charge in [-0.3, -0.25) is 9.78 Å². The fraction of sp³-hybridized carbons (Fsp3) is 0.227. The Hall–Kier alpha value is -3.50. The lowest BCUT2D eigenvalue weighted by molar-refractivity contribution is 0.508. The van der Waals surface area contributed by atoms with Crippen LogP contribution in [0.2, 0.25) is 0 Å². The van der Waals surface area contributed by atoms with Crippen molar-refractivity contribution in [2.45, 2.75) is 19.4 Å². The third-order valence-corrected chi connectivity index (χ3v) is 5.05. The molecular weight excluding hydrogens is 421 g/mol. The first-order chi connectivity index (χ1) is 15.4. The zero-order valence-electron chi connectivity index (χ0n) is 17.0. The van der Waals surface area contributed by atoms with Gasteiger partial charge >= 0.3 is 0 Å². The van der Waals surface area contributed by atoms with E-state index < -0.39 is 23.0 Å². The molecule has 0 atom stereocenters. The molecular formula is C22H21F3N6O. The van der Waals surface area contributed by atoms with Gasteiger partial charge in [-0.1, -0.05) is 12.1 Å². The van der Waals surface area contributed by atoms with Crippen LogP contribution >= 0.6 is 0 Å². The lowest BCUT2D eigenvalue weighted by Gasteiger charge is -2.08. The first kappa shape index (κ1) is 21.7. The second kappa shape index (κ2) is 9.33. The lowest BCUT2D eigenvalue weighted by Crippen LogP contribution is -2.18. The Morgan fingerprint density at radius 2 is 1.94 bits per heavy atom. The van der Waals surface area contributed by atoms with Gasteiger partial charge in [0, 0.05) is 36.5 Å². The highest BCUT2D eigenvalue weighted by Gasteiger charge is 2.20. The number of halogens is 3. The molecule has 2 aromatic carbocycles. The van der Waals surface area contributed by atoms with E-state index in [0.29, 0.717) is 47.8 Å². The Kier molecular flexibility index (Phi) is 6.33. The highest BCUT2D eigenvalue weighted by molar-refractivity contribution is 6.03. The van der Waals surface area contributed by atoms with Gasteiger partial charge in [0.25, 0.3) is 5.56 Å². The topological polar surface area (TPSA) is 108 Å². The fourth-order valence-corrected chi connectivity index (χ4v) is 3.38. The van der Waals surface area contributed by atoms with Crippen LogP contribution in [-0.4, -0.2) is 28.9 Å². The predicted molar refractivity (Wildman–Crippen MR) is 116 cm³/mol. The summed E-state index contributed by atoms with van der Waals surface area (Å²) in [4.78, 5) is 23.4. The first-order valence-corrected chi connectivity index (χ1v) is 10.1. The van der Waals surface area contributed by atoms with Crippen LogP contribution in [0.1, 0.15) is 17.5 Å². The van der Waals surface area contributed by atoms with Crippen LogP contribution < -0.4 is 21.9 Å². The molecule has 10 heteroatoms. The number of aromatic amines is 1. The van der Waals surface area contributed by atoms with Crippen LogP contribution in [0.5, 0.6) is 0 Å². The summed E-state index contributed by atoms with van der Waals surface area (Å²) in [6.45, 7) is 1.61. The molecule has 0 spiro atoms. The van der Waals surface area contributed by atoms with E-state index in [-0.39, 0.29) is 17.9 Å². The van der Waals surface area contributed by atoms with Crippen molar-refractivity contribution in [1.29, 1.82) is 0 Å². The molecule has 1 aliphatic rings. The molecule has 0 saturated carbocycles. The largest absolute Gasteiger partial charge is 0.343 e. The van der Waals surface area contributed by atoms with Crippen LogP contribution in [0.25, 0.3) is 11.1 Å². The van der Waals surface area contributed by atoms with Gasteiger partial charge < -0.3 is 16.4 Å². The highest BCUT2D eigenvalue weighted by Crippen LogP contribution is 2.27. The number of benzene rings is 2. The molecule has 0 radical (unpaired) electrons. The van der Waals surface area contributed by atoms with Crippen LogP contribution in [0.3, 0.4) is 0 Å². The van der Waals surface area contributed by atoms with Gasteiger partial charge in [-0.25, -0.2) is 18.2 Å². The van der Waals surface area contributed by atoms with Gasteiger partial charge in [0.15, 0.2) is 11.6 Å². The third-order valence-electron chi connectivity index (χ3n) is 5.05. The second-order valence-electron chi connectivity index (χ2n) is 7.36. The maximum absolute atomic E-state index is 14.4. The maximum Gasteiger partial charge on any atom is 0.260 e. The summed E-state index contributed by atoms with van der Waals surface area (Å²) >= 11 is 0. The molecule has 0 unspecified atom stereocenters. The molecule has 0 saturated heterocycles. The molecule has 5 N–H and O–H groups in total. The Balaban J connectivity index is 1.50. The van der Waals surface area contributed by atoms with Crippen LogP contribution in [0.15, 0.2) is 46.3 Å². The van der Waals surface area contributed by atoms with E-state index >= 15 is 0 Å². The zero-order valence-corrected chi connectivity index (χ0v) is 17.0. The SMILES string of the molecule is NCCCNCc1ccc(-c2cnc(N=C3Cc4cc(F)c(F)cc4N3)[nH]c2=O)cc1F. The third kappa shape index (κ3) is 4.71. The van der Waals surface area contributed by atoms with Crippen LogP contribution in [0, 0.1) is 17.5 Å². The molecule has 7 nitrogen and oxygen atoms in total. The van der Waals surface area contributed by atoms with Crippen molar-refractivity contribution in [2.75, 3.05) is 18.4 Å². The quantitative estimate of drug-likeness (QED) is 0.421. The average Bonchev–Trinajstić information content (AvgIpc) is 3.13. The van der Waals surface area contributed by atoms with E-state index in [9.17, 15) is 18.0 Å². The monoisotopic (exact) mass is 442 g/mol. The Bertz CT molecular complexity index is 1210. The van der Waals surface area contributed by atoms with Crippen LogP contribution in [0.4, 0.5) is 24.8 Å². The minimum atomic E-state index is -0.960. The lowest BCUT2D eigenvalue weighted by atomic mass is 10.1. The summed E-state index contributed by atoms with van der Waals surface area (Å²) < 4.78 is 41.2. The summed E-state index contributed by atoms with van der Waals surface area (Å²) in [5.41, 5.74) is 6.98. The number of fused-ring (bicyclic) bond motifs is 1. The molecule has 0 aliphatic carbocycles. The normalized spacial score (nSPS) is 13.9. The molecule has 1 aliphatic heterocycles. The summed E-state index contributed by atoms with van der Waals surface area (Å²) in [6, 6.07) is 6.71. The molecule has 0 bridgehead atoms. The van der Waals surface area contributed by atoms with E-state index in [4.69, 9.17) is 5.73 Å². The number of aromatic nitrogens is 2. The molecule has 0 fully saturated rings.